The van der Waals surface area contributed by atoms with Crippen LogP contribution in [0.1, 0.15) is 5.56 Å². The second-order valence-corrected chi connectivity index (χ2v) is 8.13. The zero-order valence-corrected chi connectivity index (χ0v) is 13.7. The van der Waals surface area contributed by atoms with E-state index in [1.54, 1.807) is 31.2 Å². The maximum atomic E-state index is 12.8. The molecule has 0 aliphatic heterocycles. The number of hydrogen-bond acceptors (Lipinski definition) is 5. The van der Waals surface area contributed by atoms with Crippen molar-refractivity contribution < 1.29 is 13.5 Å². The van der Waals surface area contributed by atoms with Gasteiger partial charge in [-0.1, -0.05) is 23.7 Å². The summed E-state index contributed by atoms with van der Waals surface area (Å²) in [5.74, 6) is 0. The standard InChI is InChI=1S/C13H15ClN2O3S2/c1-9-8-12(20-13(9)14)21(18,19)16(6-7-17)11-5-3-2-4-10(11)15/h2-5,8,17H,6-7,15H2,1H3. The molecule has 0 aliphatic carbocycles. The Balaban J connectivity index is 2.54. The van der Waals surface area contributed by atoms with E-state index in [2.05, 4.69) is 0 Å². The Bertz CT molecular complexity index is 724. The fourth-order valence-electron chi connectivity index (χ4n) is 1.84. The van der Waals surface area contributed by atoms with Gasteiger partial charge >= 0.3 is 0 Å². The predicted octanol–water partition coefficient (Wildman–Crippen LogP) is 2.48. The van der Waals surface area contributed by atoms with Crippen LogP contribution in [0.5, 0.6) is 0 Å². The number of benzene rings is 1. The largest absolute Gasteiger partial charge is 0.397 e. The smallest absolute Gasteiger partial charge is 0.274 e. The number of aryl methyl sites for hydroxylation is 1. The van der Waals surface area contributed by atoms with E-state index in [0.717, 1.165) is 15.6 Å². The second-order valence-electron chi connectivity index (χ2n) is 4.38. The van der Waals surface area contributed by atoms with Crippen LogP contribution in [-0.4, -0.2) is 26.7 Å². The number of aliphatic hydroxyl groups excluding tert-OH is 1. The van der Waals surface area contributed by atoms with Gasteiger partial charge in [-0.2, -0.15) is 0 Å². The molecule has 5 nitrogen and oxygen atoms in total. The molecule has 0 spiro atoms. The second kappa shape index (κ2) is 6.23. The number of nitrogens with two attached hydrogens (primary N) is 1. The number of thiophene rings is 1. The molecule has 2 aromatic rings. The quantitative estimate of drug-likeness (QED) is 0.815. The lowest BCUT2D eigenvalue weighted by Crippen LogP contribution is -2.33. The average molecular weight is 347 g/mol. The maximum Gasteiger partial charge on any atom is 0.274 e. The molecule has 114 valence electrons. The molecule has 0 bridgehead atoms. The third kappa shape index (κ3) is 3.16. The molecule has 1 heterocycles. The van der Waals surface area contributed by atoms with E-state index in [4.69, 9.17) is 17.3 Å². The lowest BCUT2D eigenvalue weighted by molar-refractivity contribution is 0.307. The molecule has 0 amide bonds. The molecule has 0 saturated heterocycles. The molecule has 0 saturated carbocycles. The molecular formula is C13H15ClN2O3S2. The van der Waals surface area contributed by atoms with Crippen molar-refractivity contribution in [2.45, 2.75) is 11.1 Å². The van der Waals surface area contributed by atoms with Gasteiger partial charge < -0.3 is 10.8 Å². The highest BCUT2D eigenvalue weighted by Crippen LogP contribution is 2.35. The average Bonchev–Trinajstić information content (AvgIpc) is 2.78. The first-order valence-corrected chi connectivity index (χ1v) is 8.75. The van der Waals surface area contributed by atoms with Gasteiger partial charge in [0.15, 0.2) is 0 Å². The Hall–Kier alpha value is -1.28. The third-order valence-corrected chi connectivity index (χ3v) is 6.71. The molecule has 8 heteroatoms. The van der Waals surface area contributed by atoms with Crippen molar-refractivity contribution in [3.05, 3.63) is 40.2 Å². The third-order valence-electron chi connectivity index (χ3n) is 2.89. The minimum absolute atomic E-state index is 0.0783. The summed E-state index contributed by atoms with van der Waals surface area (Å²) in [6.07, 6.45) is 0. The van der Waals surface area contributed by atoms with Crippen LogP contribution >= 0.6 is 22.9 Å². The minimum atomic E-state index is -3.81. The van der Waals surface area contributed by atoms with Gasteiger partial charge in [-0.05, 0) is 30.7 Å². The summed E-state index contributed by atoms with van der Waals surface area (Å²) in [5.41, 5.74) is 7.22. The van der Waals surface area contributed by atoms with Crippen LogP contribution in [0.3, 0.4) is 0 Å². The molecule has 0 fully saturated rings. The van der Waals surface area contributed by atoms with Crippen LogP contribution in [0.4, 0.5) is 11.4 Å². The summed E-state index contributed by atoms with van der Waals surface area (Å²) in [6.45, 7) is 1.35. The van der Waals surface area contributed by atoms with Gasteiger partial charge in [-0.15, -0.1) is 11.3 Å². The molecular weight excluding hydrogens is 332 g/mol. The van der Waals surface area contributed by atoms with Crippen LogP contribution in [0.25, 0.3) is 0 Å². The summed E-state index contributed by atoms with van der Waals surface area (Å²) < 4.78 is 27.2. The minimum Gasteiger partial charge on any atom is -0.397 e. The Morgan fingerprint density at radius 3 is 2.57 bits per heavy atom. The molecule has 0 unspecified atom stereocenters. The van der Waals surface area contributed by atoms with Gasteiger partial charge in [0, 0.05) is 0 Å². The molecule has 0 atom stereocenters. The highest BCUT2D eigenvalue weighted by molar-refractivity contribution is 7.94. The first-order valence-electron chi connectivity index (χ1n) is 6.12. The lowest BCUT2D eigenvalue weighted by Gasteiger charge is -2.24. The molecule has 21 heavy (non-hydrogen) atoms. The van der Waals surface area contributed by atoms with Crippen LogP contribution < -0.4 is 10.0 Å². The first kappa shape index (κ1) is 16.1. The Morgan fingerprint density at radius 1 is 1.38 bits per heavy atom. The Kier molecular flexibility index (Phi) is 4.77. The fourth-order valence-corrected chi connectivity index (χ4v) is 5.15. The van der Waals surface area contributed by atoms with Crippen molar-refractivity contribution in [3.8, 4) is 0 Å². The fraction of sp³-hybridized carbons (Fsp3) is 0.231. The molecule has 3 N–H and O–H groups in total. The van der Waals surface area contributed by atoms with Gasteiger partial charge in [0.05, 0.1) is 28.9 Å². The highest BCUT2D eigenvalue weighted by Gasteiger charge is 2.28. The van der Waals surface area contributed by atoms with Gasteiger partial charge in [0.1, 0.15) is 4.21 Å². The summed E-state index contributed by atoms with van der Waals surface area (Å²) in [6, 6.07) is 8.14. The molecule has 1 aromatic heterocycles. The van der Waals surface area contributed by atoms with Crippen molar-refractivity contribution >= 4 is 44.3 Å². The number of hydrogen-bond donors (Lipinski definition) is 2. The monoisotopic (exact) mass is 346 g/mol. The van der Waals surface area contributed by atoms with Gasteiger partial charge in [-0.25, -0.2) is 8.42 Å². The topological polar surface area (TPSA) is 83.6 Å². The number of nitrogen functional groups attached to an aromatic ring is 1. The number of aliphatic hydroxyl groups is 1. The van der Waals surface area contributed by atoms with E-state index in [-0.39, 0.29) is 17.4 Å². The maximum absolute atomic E-state index is 12.8. The summed E-state index contributed by atoms with van der Waals surface area (Å²) >= 11 is 6.95. The number of sulfonamides is 1. The number of nitrogens with zero attached hydrogens (tertiary/aromatic N) is 1. The van der Waals surface area contributed by atoms with E-state index < -0.39 is 10.0 Å². The normalized spacial score (nSPS) is 11.6. The van der Waals surface area contributed by atoms with Crippen molar-refractivity contribution in [2.75, 3.05) is 23.2 Å². The lowest BCUT2D eigenvalue weighted by atomic mass is 10.3. The van der Waals surface area contributed by atoms with Crippen molar-refractivity contribution in [2.24, 2.45) is 0 Å². The molecule has 1 aromatic carbocycles. The number of para-hydroxylation sites is 2. The first-order chi connectivity index (χ1) is 9.87. The van der Waals surface area contributed by atoms with Crippen molar-refractivity contribution in [3.63, 3.8) is 0 Å². The molecule has 0 radical (unpaired) electrons. The number of halogens is 1. The number of rotatable bonds is 5. The number of anilines is 2. The van der Waals surface area contributed by atoms with Gasteiger partial charge in [0.2, 0.25) is 0 Å². The van der Waals surface area contributed by atoms with Crippen LogP contribution in [0, 0.1) is 6.92 Å². The van der Waals surface area contributed by atoms with Crippen LogP contribution in [-0.2, 0) is 10.0 Å². The van der Waals surface area contributed by atoms with Crippen molar-refractivity contribution in [1.29, 1.82) is 0 Å². The molecule has 2 rings (SSSR count). The summed E-state index contributed by atoms with van der Waals surface area (Å²) in [7, 11) is -3.81. The summed E-state index contributed by atoms with van der Waals surface area (Å²) in [5, 5.41) is 9.19. The Morgan fingerprint density at radius 2 is 2.05 bits per heavy atom. The van der Waals surface area contributed by atoms with E-state index >= 15 is 0 Å². The SMILES string of the molecule is Cc1cc(S(=O)(=O)N(CCO)c2ccccc2N)sc1Cl. The van der Waals surface area contributed by atoms with E-state index in [1.165, 1.54) is 6.07 Å². The predicted molar refractivity (Wildman–Crippen MR) is 86.5 cm³/mol. The van der Waals surface area contributed by atoms with Crippen LogP contribution in [0.2, 0.25) is 4.34 Å². The zero-order chi connectivity index (χ0) is 15.6. The van der Waals surface area contributed by atoms with Crippen LogP contribution in [0.15, 0.2) is 34.5 Å². The van der Waals surface area contributed by atoms with E-state index in [0.29, 0.717) is 21.3 Å². The summed E-state index contributed by atoms with van der Waals surface area (Å²) in [4.78, 5) is 0. The molecule has 0 aliphatic rings. The van der Waals surface area contributed by atoms with Crippen molar-refractivity contribution in [1.82, 2.24) is 0 Å². The van der Waals surface area contributed by atoms with Gasteiger partial charge in [0.25, 0.3) is 10.0 Å². The zero-order valence-electron chi connectivity index (χ0n) is 11.3. The van der Waals surface area contributed by atoms with Gasteiger partial charge in [-0.3, -0.25) is 4.31 Å². The van der Waals surface area contributed by atoms with E-state index in [1.807, 2.05) is 0 Å². The highest BCUT2D eigenvalue weighted by atomic mass is 35.5. The van der Waals surface area contributed by atoms with E-state index in [9.17, 15) is 13.5 Å². The Labute approximate surface area is 132 Å².